The minimum Gasteiger partial charge on any atom is -0.384 e. The van der Waals surface area contributed by atoms with Gasteiger partial charge in [0.25, 0.3) is 0 Å². The van der Waals surface area contributed by atoms with Gasteiger partial charge in [-0.25, -0.2) is 0 Å². The third-order valence-electron chi connectivity index (χ3n) is 3.05. The van der Waals surface area contributed by atoms with Crippen LogP contribution in [0, 0.1) is 13.8 Å². The highest BCUT2D eigenvalue weighted by Gasteiger charge is 2.15. The van der Waals surface area contributed by atoms with Crippen molar-refractivity contribution in [2.24, 2.45) is 0 Å². The molecule has 1 N–H and O–H groups in total. The molecule has 1 aromatic heterocycles. The number of hydrogen-bond donors (Lipinski definition) is 1. The van der Waals surface area contributed by atoms with Crippen molar-refractivity contribution < 1.29 is 5.11 Å². The van der Waals surface area contributed by atoms with Gasteiger partial charge in [-0.15, -0.1) is 11.3 Å². The van der Waals surface area contributed by atoms with Crippen LogP contribution in [0.5, 0.6) is 0 Å². The lowest BCUT2D eigenvalue weighted by Gasteiger charge is -2.12. The minimum atomic E-state index is -0.494. The lowest BCUT2D eigenvalue weighted by Crippen LogP contribution is -2.00. The Balaban J connectivity index is 2.36. The van der Waals surface area contributed by atoms with E-state index in [0.29, 0.717) is 0 Å². The average Bonchev–Trinajstić information content (AvgIpc) is 2.67. The fourth-order valence-corrected chi connectivity index (χ4v) is 3.04. The predicted octanol–water partition coefficient (Wildman–Crippen LogP) is 4.01. The van der Waals surface area contributed by atoms with E-state index in [1.165, 1.54) is 15.3 Å². The number of thiophene rings is 1. The van der Waals surface area contributed by atoms with E-state index in [9.17, 15) is 5.11 Å². The van der Waals surface area contributed by atoms with Crippen molar-refractivity contribution in [3.8, 4) is 0 Å². The Morgan fingerprint density at radius 1 is 1.24 bits per heavy atom. The van der Waals surface area contributed by atoms with E-state index in [4.69, 9.17) is 0 Å². The largest absolute Gasteiger partial charge is 0.384 e. The van der Waals surface area contributed by atoms with Crippen LogP contribution in [0.2, 0.25) is 0 Å². The van der Waals surface area contributed by atoms with E-state index in [1.54, 1.807) is 11.3 Å². The first-order chi connectivity index (χ1) is 8.11. The number of aliphatic hydroxyl groups is 1. The zero-order valence-electron chi connectivity index (χ0n) is 10.5. The zero-order valence-corrected chi connectivity index (χ0v) is 11.3. The fourth-order valence-electron chi connectivity index (χ4n) is 2.08. The smallest absolute Gasteiger partial charge is 0.105 e. The topological polar surface area (TPSA) is 20.2 Å². The van der Waals surface area contributed by atoms with Gasteiger partial charge in [-0.05, 0) is 43.0 Å². The van der Waals surface area contributed by atoms with Gasteiger partial charge < -0.3 is 5.11 Å². The maximum atomic E-state index is 10.4. The van der Waals surface area contributed by atoms with Gasteiger partial charge >= 0.3 is 0 Å². The summed E-state index contributed by atoms with van der Waals surface area (Å²) in [7, 11) is 0. The summed E-state index contributed by atoms with van der Waals surface area (Å²) in [5.74, 6) is 0. The van der Waals surface area contributed by atoms with Crippen LogP contribution >= 0.6 is 11.3 Å². The summed E-state index contributed by atoms with van der Waals surface area (Å²) < 4.78 is 0. The highest BCUT2D eigenvalue weighted by Crippen LogP contribution is 2.30. The molecule has 2 heteroatoms. The van der Waals surface area contributed by atoms with Crippen molar-refractivity contribution in [3.63, 3.8) is 0 Å². The summed E-state index contributed by atoms with van der Waals surface area (Å²) >= 11 is 1.74. The lowest BCUT2D eigenvalue weighted by atomic mass is 9.99. The molecule has 0 amide bonds. The summed E-state index contributed by atoms with van der Waals surface area (Å²) in [6.45, 7) is 6.28. The fraction of sp³-hybridized carbons (Fsp3) is 0.333. The van der Waals surface area contributed by atoms with E-state index in [-0.39, 0.29) is 0 Å². The molecule has 0 saturated carbocycles. The van der Waals surface area contributed by atoms with Gasteiger partial charge in [0.2, 0.25) is 0 Å². The molecule has 1 unspecified atom stereocenters. The Morgan fingerprint density at radius 2 is 2.00 bits per heavy atom. The van der Waals surface area contributed by atoms with Crippen LogP contribution in [0.1, 0.15) is 39.5 Å². The second-order valence-electron chi connectivity index (χ2n) is 4.37. The summed E-state index contributed by atoms with van der Waals surface area (Å²) in [4.78, 5) is 2.46. The number of rotatable bonds is 3. The maximum absolute atomic E-state index is 10.4. The van der Waals surface area contributed by atoms with E-state index < -0.39 is 6.10 Å². The first-order valence-electron chi connectivity index (χ1n) is 5.95. The van der Waals surface area contributed by atoms with E-state index in [2.05, 4.69) is 39.0 Å². The first-order valence-corrected chi connectivity index (χ1v) is 6.77. The molecule has 90 valence electrons. The van der Waals surface area contributed by atoms with Crippen molar-refractivity contribution in [2.45, 2.75) is 33.3 Å². The van der Waals surface area contributed by atoms with Crippen molar-refractivity contribution in [2.75, 3.05) is 0 Å². The highest BCUT2D eigenvalue weighted by atomic mass is 32.1. The summed E-state index contributed by atoms with van der Waals surface area (Å²) in [6, 6.07) is 10.3. The Morgan fingerprint density at radius 3 is 2.59 bits per heavy atom. The quantitative estimate of drug-likeness (QED) is 0.867. The molecule has 1 atom stereocenters. The van der Waals surface area contributed by atoms with Crippen LogP contribution < -0.4 is 0 Å². The Hall–Kier alpha value is -1.12. The lowest BCUT2D eigenvalue weighted by molar-refractivity contribution is 0.220. The molecule has 0 bridgehead atoms. The van der Waals surface area contributed by atoms with Crippen LogP contribution in [-0.4, -0.2) is 5.11 Å². The van der Waals surface area contributed by atoms with Crippen molar-refractivity contribution in [1.29, 1.82) is 0 Å². The van der Waals surface area contributed by atoms with Gasteiger partial charge in [0.1, 0.15) is 6.10 Å². The summed E-state index contributed by atoms with van der Waals surface area (Å²) in [5.41, 5.74) is 3.30. The molecule has 17 heavy (non-hydrogen) atoms. The van der Waals surface area contributed by atoms with Crippen LogP contribution in [0.25, 0.3) is 0 Å². The van der Waals surface area contributed by atoms with Crippen molar-refractivity contribution in [1.82, 2.24) is 0 Å². The monoisotopic (exact) mass is 246 g/mol. The number of benzene rings is 1. The van der Waals surface area contributed by atoms with Gasteiger partial charge in [0, 0.05) is 9.75 Å². The molecule has 0 aliphatic rings. The van der Waals surface area contributed by atoms with Crippen LogP contribution in [0.3, 0.4) is 0 Å². The molecular weight excluding hydrogens is 228 g/mol. The third kappa shape index (κ3) is 2.59. The SMILES string of the molecule is CCc1cccc(C(O)c2cc(C)sc2C)c1. The summed E-state index contributed by atoms with van der Waals surface area (Å²) in [6.07, 6.45) is 0.508. The highest BCUT2D eigenvalue weighted by molar-refractivity contribution is 7.12. The maximum Gasteiger partial charge on any atom is 0.105 e. The third-order valence-corrected chi connectivity index (χ3v) is 4.03. The van der Waals surface area contributed by atoms with Gasteiger partial charge in [-0.1, -0.05) is 31.2 Å². The predicted molar refractivity (Wildman–Crippen MR) is 73.7 cm³/mol. The number of aryl methyl sites for hydroxylation is 3. The molecule has 0 fully saturated rings. The molecule has 2 aromatic rings. The Labute approximate surface area is 107 Å². The van der Waals surface area contributed by atoms with Crippen LogP contribution in [0.4, 0.5) is 0 Å². The molecule has 0 aliphatic heterocycles. The van der Waals surface area contributed by atoms with Crippen molar-refractivity contribution >= 4 is 11.3 Å². The van der Waals surface area contributed by atoms with Crippen LogP contribution in [0.15, 0.2) is 30.3 Å². The van der Waals surface area contributed by atoms with E-state index in [1.807, 2.05) is 12.1 Å². The molecule has 0 spiro atoms. The van der Waals surface area contributed by atoms with E-state index >= 15 is 0 Å². The molecule has 2 rings (SSSR count). The van der Waals surface area contributed by atoms with E-state index in [0.717, 1.165) is 17.5 Å². The molecular formula is C15H18OS. The number of aliphatic hydroxyl groups excluding tert-OH is 1. The zero-order chi connectivity index (χ0) is 12.4. The number of hydrogen-bond acceptors (Lipinski definition) is 2. The second kappa shape index (κ2) is 5.03. The summed E-state index contributed by atoms with van der Waals surface area (Å²) in [5, 5.41) is 10.4. The van der Waals surface area contributed by atoms with Gasteiger partial charge in [0.15, 0.2) is 0 Å². The first kappa shape index (κ1) is 12.3. The van der Waals surface area contributed by atoms with Gasteiger partial charge in [-0.2, -0.15) is 0 Å². The Bertz CT molecular complexity index is 513. The van der Waals surface area contributed by atoms with Crippen molar-refractivity contribution in [3.05, 3.63) is 56.8 Å². The Kier molecular flexibility index (Phi) is 3.65. The molecule has 0 aliphatic carbocycles. The van der Waals surface area contributed by atoms with Gasteiger partial charge in [-0.3, -0.25) is 0 Å². The molecule has 0 radical (unpaired) electrons. The normalized spacial score (nSPS) is 12.7. The molecule has 1 nitrogen and oxygen atoms in total. The molecule has 1 heterocycles. The molecule has 1 aromatic carbocycles. The minimum absolute atomic E-state index is 0.494. The second-order valence-corrected chi connectivity index (χ2v) is 5.83. The molecule has 0 saturated heterocycles. The average molecular weight is 246 g/mol. The van der Waals surface area contributed by atoms with Gasteiger partial charge in [0.05, 0.1) is 0 Å². The standard InChI is InChI=1S/C15H18OS/c1-4-12-6-5-7-13(9-12)15(16)14-8-10(2)17-11(14)3/h5-9,15-16H,4H2,1-3H3. The van der Waals surface area contributed by atoms with Crippen LogP contribution in [-0.2, 0) is 6.42 Å².